The molecule has 1 amide bonds. The normalized spacial score (nSPS) is 19.5. The fraction of sp³-hybridized carbons (Fsp3) is 0.450. The molecule has 1 unspecified atom stereocenters. The number of rotatable bonds is 4. The zero-order valence-electron chi connectivity index (χ0n) is 14.4. The Hall–Kier alpha value is -2.43. The summed E-state index contributed by atoms with van der Waals surface area (Å²) in [5.41, 5.74) is 3.18. The van der Waals surface area contributed by atoms with E-state index in [0.717, 1.165) is 43.0 Å². The van der Waals surface area contributed by atoms with Crippen LogP contribution < -0.4 is 10.2 Å². The summed E-state index contributed by atoms with van der Waals surface area (Å²) in [6, 6.07) is 8.14. The highest BCUT2D eigenvalue weighted by Crippen LogP contribution is 2.31. The quantitative estimate of drug-likeness (QED) is 0.933. The smallest absolute Gasteiger partial charge is 0.229 e. The predicted molar refractivity (Wildman–Crippen MR) is 97.4 cm³/mol. The maximum absolute atomic E-state index is 12.5. The van der Waals surface area contributed by atoms with Crippen molar-refractivity contribution < 1.29 is 4.79 Å². The number of piperidine rings is 1. The van der Waals surface area contributed by atoms with E-state index in [2.05, 4.69) is 38.4 Å². The topological polar surface area (TPSA) is 58.1 Å². The summed E-state index contributed by atoms with van der Waals surface area (Å²) < 4.78 is 0. The number of nitrogens with one attached hydrogen (secondary N) is 1. The van der Waals surface area contributed by atoms with Crippen molar-refractivity contribution in [3.05, 3.63) is 53.5 Å². The Morgan fingerprint density at radius 1 is 1.16 bits per heavy atom. The van der Waals surface area contributed by atoms with Crippen LogP contribution in [0.15, 0.2) is 36.7 Å². The molecule has 0 aromatic carbocycles. The second-order valence-electron chi connectivity index (χ2n) is 6.93. The summed E-state index contributed by atoms with van der Waals surface area (Å²) in [5, 5.41) is 3.05. The summed E-state index contributed by atoms with van der Waals surface area (Å²) in [7, 11) is 0. The first-order valence-corrected chi connectivity index (χ1v) is 9.22. The lowest BCUT2D eigenvalue weighted by Crippen LogP contribution is -2.30. The van der Waals surface area contributed by atoms with E-state index < -0.39 is 0 Å². The number of hydrogen-bond donors (Lipinski definition) is 1. The largest absolute Gasteiger partial charge is 0.357 e. The molecule has 1 fully saturated rings. The second-order valence-corrected chi connectivity index (χ2v) is 6.93. The third-order valence-electron chi connectivity index (χ3n) is 5.23. The fourth-order valence-corrected chi connectivity index (χ4v) is 3.81. The van der Waals surface area contributed by atoms with Gasteiger partial charge in [0.25, 0.3) is 0 Å². The molecule has 0 spiro atoms. The number of aromatic nitrogens is 2. The monoisotopic (exact) mass is 336 g/mol. The van der Waals surface area contributed by atoms with Crippen LogP contribution in [0, 0.1) is 0 Å². The third-order valence-corrected chi connectivity index (χ3v) is 5.23. The molecular weight excluding hydrogens is 312 g/mol. The predicted octanol–water partition coefficient (Wildman–Crippen LogP) is 2.81. The SMILES string of the molecule is O=C(NCc1ccc(N2CCCCC2)nc1)C1CCc2cccnc21. The number of carbonyl (C=O) groups excluding carboxylic acids is 1. The van der Waals surface area contributed by atoms with E-state index in [4.69, 9.17) is 0 Å². The molecule has 1 aliphatic heterocycles. The lowest BCUT2D eigenvalue weighted by molar-refractivity contribution is -0.122. The van der Waals surface area contributed by atoms with Gasteiger partial charge in [-0.2, -0.15) is 0 Å². The van der Waals surface area contributed by atoms with Crippen LogP contribution in [0.4, 0.5) is 5.82 Å². The minimum Gasteiger partial charge on any atom is -0.357 e. The maximum Gasteiger partial charge on any atom is 0.229 e. The molecule has 2 aromatic heterocycles. The molecule has 1 aliphatic carbocycles. The fourth-order valence-electron chi connectivity index (χ4n) is 3.81. The molecule has 5 nitrogen and oxygen atoms in total. The van der Waals surface area contributed by atoms with E-state index in [-0.39, 0.29) is 11.8 Å². The molecule has 3 heterocycles. The first-order chi connectivity index (χ1) is 12.3. The van der Waals surface area contributed by atoms with Crippen molar-refractivity contribution in [1.82, 2.24) is 15.3 Å². The van der Waals surface area contributed by atoms with Crippen molar-refractivity contribution in [1.29, 1.82) is 0 Å². The average molecular weight is 336 g/mol. The molecule has 2 aromatic rings. The zero-order valence-corrected chi connectivity index (χ0v) is 14.4. The van der Waals surface area contributed by atoms with Crippen molar-refractivity contribution in [2.24, 2.45) is 0 Å². The molecule has 130 valence electrons. The van der Waals surface area contributed by atoms with Crippen molar-refractivity contribution in [3.8, 4) is 0 Å². The van der Waals surface area contributed by atoms with Gasteiger partial charge in [0, 0.05) is 32.0 Å². The average Bonchev–Trinajstić information content (AvgIpc) is 3.11. The molecule has 4 rings (SSSR count). The van der Waals surface area contributed by atoms with Crippen LogP contribution in [0.5, 0.6) is 0 Å². The van der Waals surface area contributed by atoms with Crippen LogP contribution in [0.3, 0.4) is 0 Å². The summed E-state index contributed by atoms with van der Waals surface area (Å²) >= 11 is 0. The number of pyridine rings is 2. The van der Waals surface area contributed by atoms with Gasteiger partial charge in [-0.15, -0.1) is 0 Å². The Balaban J connectivity index is 1.34. The number of fused-ring (bicyclic) bond motifs is 1. The maximum atomic E-state index is 12.5. The molecule has 25 heavy (non-hydrogen) atoms. The zero-order chi connectivity index (χ0) is 17.1. The summed E-state index contributed by atoms with van der Waals surface area (Å²) in [6.45, 7) is 2.71. The molecule has 5 heteroatoms. The molecular formula is C20H24N4O. The minimum absolute atomic E-state index is 0.0672. The summed E-state index contributed by atoms with van der Waals surface area (Å²) in [6.07, 6.45) is 9.25. The standard InChI is InChI=1S/C20H24N4O/c25-20(17-8-7-16-5-4-10-21-19(16)17)23-14-15-6-9-18(22-13-15)24-11-2-1-3-12-24/h4-6,9-10,13,17H,1-3,7-8,11-12,14H2,(H,23,25). The van der Waals surface area contributed by atoms with Crippen molar-refractivity contribution in [2.75, 3.05) is 18.0 Å². The van der Waals surface area contributed by atoms with Crippen LogP contribution in [0.2, 0.25) is 0 Å². The van der Waals surface area contributed by atoms with Gasteiger partial charge in [0.2, 0.25) is 5.91 Å². The van der Waals surface area contributed by atoms with Crippen molar-refractivity contribution in [2.45, 2.75) is 44.6 Å². The summed E-state index contributed by atoms with van der Waals surface area (Å²) in [5.74, 6) is 0.998. The highest BCUT2D eigenvalue weighted by molar-refractivity contribution is 5.84. The van der Waals surface area contributed by atoms with Crippen molar-refractivity contribution >= 4 is 11.7 Å². The molecule has 1 N–H and O–H groups in total. The van der Waals surface area contributed by atoms with Gasteiger partial charge in [-0.25, -0.2) is 4.98 Å². The first-order valence-electron chi connectivity index (χ1n) is 9.22. The van der Waals surface area contributed by atoms with Gasteiger partial charge in [-0.05, 0) is 55.4 Å². The van der Waals surface area contributed by atoms with E-state index in [1.54, 1.807) is 6.20 Å². The van der Waals surface area contributed by atoms with Crippen molar-refractivity contribution in [3.63, 3.8) is 0 Å². The highest BCUT2D eigenvalue weighted by atomic mass is 16.1. The number of anilines is 1. The Bertz CT molecular complexity index is 738. The van der Waals surface area contributed by atoms with Gasteiger partial charge in [0.15, 0.2) is 0 Å². The van der Waals surface area contributed by atoms with Crippen LogP contribution >= 0.6 is 0 Å². The molecule has 0 bridgehead atoms. The Morgan fingerprint density at radius 3 is 2.84 bits per heavy atom. The molecule has 0 radical (unpaired) electrons. The highest BCUT2D eigenvalue weighted by Gasteiger charge is 2.29. The molecule has 1 saturated heterocycles. The number of hydrogen-bond acceptors (Lipinski definition) is 4. The van der Waals surface area contributed by atoms with E-state index in [0.29, 0.717) is 6.54 Å². The molecule has 0 saturated carbocycles. The molecule has 2 aliphatic rings. The van der Waals surface area contributed by atoms with Gasteiger partial charge in [0.1, 0.15) is 5.82 Å². The lowest BCUT2D eigenvalue weighted by atomic mass is 10.1. The van der Waals surface area contributed by atoms with E-state index in [1.807, 2.05) is 12.3 Å². The number of carbonyl (C=O) groups is 1. The Kier molecular flexibility index (Phi) is 4.63. The van der Waals surface area contributed by atoms with E-state index in [1.165, 1.54) is 24.8 Å². The van der Waals surface area contributed by atoms with Gasteiger partial charge in [0.05, 0.1) is 11.6 Å². The number of nitrogens with zero attached hydrogens (tertiary/aromatic N) is 3. The first kappa shape index (κ1) is 16.1. The van der Waals surface area contributed by atoms with Crippen LogP contribution in [-0.2, 0) is 17.8 Å². The minimum atomic E-state index is -0.114. The van der Waals surface area contributed by atoms with Gasteiger partial charge >= 0.3 is 0 Å². The van der Waals surface area contributed by atoms with Crippen LogP contribution in [0.1, 0.15) is 48.4 Å². The summed E-state index contributed by atoms with van der Waals surface area (Å²) in [4.78, 5) is 23.8. The molecule has 1 atom stereocenters. The van der Waals surface area contributed by atoms with E-state index in [9.17, 15) is 4.79 Å². The Labute approximate surface area is 148 Å². The van der Waals surface area contributed by atoms with Gasteiger partial charge in [-0.1, -0.05) is 12.1 Å². The number of aryl methyl sites for hydroxylation is 1. The number of amides is 1. The second kappa shape index (κ2) is 7.21. The van der Waals surface area contributed by atoms with Crippen LogP contribution in [-0.4, -0.2) is 29.0 Å². The third kappa shape index (κ3) is 3.50. The van der Waals surface area contributed by atoms with Gasteiger partial charge in [-0.3, -0.25) is 9.78 Å². The van der Waals surface area contributed by atoms with Gasteiger partial charge < -0.3 is 10.2 Å². The Morgan fingerprint density at radius 2 is 2.04 bits per heavy atom. The van der Waals surface area contributed by atoms with E-state index >= 15 is 0 Å². The lowest BCUT2D eigenvalue weighted by Gasteiger charge is -2.27. The van der Waals surface area contributed by atoms with Crippen LogP contribution in [0.25, 0.3) is 0 Å².